The summed E-state index contributed by atoms with van der Waals surface area (Å²) >= 11 is 0. The number of urea groups is 1. The predicted octanol–water partition coefficient (Wildman–Crippen LogP) is 1.23. The van der Waals surface area contributed by atoms with Crippen LogP contribution < -0.4 is 20.1 Å². The number of hydrogen-bond acceptors (Lipinski definition) is 7. The van der Waals surface area contributed by atoms with Crippen molar-refractivity contribution in [1.29, 1.82) is 0 Å². The number of nitrogens with zero attached hydrogens (tertiary/aromatic N) is 3. The summed E-state index contributed by atoms with van der Waals surface area (Å²) in [5.74, 6) is 0.697. The normalized spacial score (nSPS) is 20.2. The number of nitrogens with one attached hydrogen (secondary N) is 2. The number of hydrogen-bond donors (Lipinski definition) is 2. The summed E-state index contributed by atoms with van der Waals surface area (Å²) in [6.45, 7) is 2.41. The van der Waals surface area contributed by atoms with E-state index in [0.717, 1.165) is 25.7 Å². The largest absolute Gasteiger partial charge is 0.486 e. The van der Waals surface area contributed by atoms with E-state index in [0.29, 0.717) is 56.6 Å². The van der Waals surface area contributed by atoms with Crippen LogP contribution in [0.4, 0.5) is 10.5 Å². The summed E-state index contributed by atoms with van der Waals surface area (Å²) in [6.07, 6.45) is 5.11. The molecule has 1 aliphatic carbocycles. The maximum absolute atomic E-state index is 13.0. The number of carbonyl (C=O) groups is 2. The van der Waals surface area contributed by atoms with Crippen molar-refractivity contribution in [1.82, 2.24) is 18.8 Å². The van der Waals surface area contributed by atoms with Gasteiger partial charge >= 0.3 is 6.03 Å². The molecule has 3 amide bonds. The van der Waals surface area contributed by atoms with Gasteiger partial charge in [-0.15, -0.1) is 0 Å². The van der Waals surface area contributed by atoms with Crippen molar-refractivity contribution < 1.29 is 27.5 Å². The number of benzene rings is 1. The number of imide groups is 1. The van der Waals surface area contributed by atoms with Crippen molar-refractivity contribution in [2.45, 2.75) is 38.1 Å². The molecule has 34 heavy (non-hydrogen) atoms. The lowest BCUT2D eigenvalue weighted by Gasteiger charge is -2.38. The van der Waals surface area contributed by atoms with Gasteiger partial charge in [0.15, 0.2) is 11.5 Å². The predicted molar refractivity (Wildman–Crippen MR) is 126 cm³/mol. The van der Waals surface area contributed by atoms with Crippen LogP contribution in [0.5, 0.6) is 11.5 Å². The summed E-state index contributed by atoms with van der Waals surface area (Å²) in [6, 6.07) is 4.43. The van der Waals surface area contributed by atoms with E-state index < -0.39 is 22.1 Å². The Bertz CT molecular complexity index is 989. The molecule has 11 nitrogen and oxygen atoms in total. The fraction of sp³-hybridized carbons (Fsp3) is 0.636. The van der Waals surface area contributed by atoms with Gasteiger partial charge in [0, 0.05) is 51.0 Å². The van der Waals surface area contributed by atoms with Gasteiger partial charge in [0.05, 0.1) is 6.54 Å². The van der Waals surface area contributed by atoms with E-state index in [1.54, 1.807) is 25.2 Å². The second-order valence-electron chi connectivity index (χ2n) is 8.85. The first kappa shape index (κ1) is 24.7. The second-order valence-corrected chi connectivity index (χ2v) is 10.8. The van der Waals surface area contributed by atoms with Gasteiger partial charge in [0.1, 0.15) is 13.2 Å². The van der Waals surface area contributed by atoms with Gasteiger partial charge in [-0.1, -0.05) is 19.3 Å². The molecule has 12 heteroatoms. The van der Waals surface area contributed by atoms with E-state index >= 15 is 0 Å². The molecule has 0 aromatic heterocycles. The molecule has 0 spiro atoms. The zero-order chi connectivity index (χ0) is 24.1. The summed E-state index contributed by atoms with van der Waals surface area (Å²) in [5.41, 5.74) is 0.482. The van der Waals surface area contributed by atoms with E-state index in [2.05, 4.69) is 10.6 Å². The quantitative estimate of drug-likeness (QED) is 0.609. The minimum atomic E-state index is -3.52. The van der Waals surface area contributed by atoms with Crippen LogP contribution in [0.15, 0.2) is 18.2 Å². The number of carbonyl (C=O) groups excluding carboxylic acids is 2. The first-order valence-corrected chi connectivity index (χ1v) is 13.2. The highest BCUT2D eigenvalue weighted by atomic mass is 32.2. The fourth-order valence-electron chi connectivity index (χ4n) is 4.59. The maximum Gasteiger partial charge on any atom is 0.325 e. The molecule has 2 N–H and O–H groups in total. The van der Waals surface area contributed by atoms with Crippen molar-refractivity contribution in [3.05, 3.63) is 18.2 Å². The smallest absolute Gasteiger partial charge is 0.325 e. The molecule has 188 valence electrons. The topological polar surface area (TPSA) is 121 Å². The maximum atomic E-state index is 13.0. The number of ether oxygens (including phenoxy) is 2. The van der Waals surface area contributed by atoms with Crippen LogP contribution in [-0.4, -0.2) is 92.9 Å². The van der Waals surface area contributed by atoms with Crippen molar-refractivity contribution in [2.75, 3.05) is 58.3 Å². The van der Waals surface area contributed by atoms with E-state index in [9.17, 15) is 18.0 Å². The molecule has 1 aromatic rings. The number of anilines is 1. The highest BCUT2D eigenvalue weighted by Gasteiger charge is 2.34. The highest BCUT2D eigenvalue weighted by Crippen LogP contribution is 2.32. The third-order valence-corrected chi connectivity index (χ3v) is 8.57. The van der Waals surface area contributed by atoms with Gasteiger partial charge in [-0.05, 0) is 25.0 Å². The molecular formula is C22H33N5O6S. The zero-order valence-corrected chi connectivity index (χ0v) is 20.3. The van der Waals surface area contributed by atoms with E-state index in [1.165, 1.54) is 15.0 Å². The average molecular weight is 496 g/mol. The standard InChI is InChI=1S/C22H33N5O6S/c1-25(18-5-3-2-4-6-18)34(30,31)27-11-9-26(10-12-27)16-21(28)24-22(29)23-17-7-8-19-20(15-17)33-14-13-32-19/h7-8,15,18H,2-6,9-14,16H2,1H3,(H2,23,24,28,29). The van der Waals surface area contributed by atoms with Crippen molar-refractivity contribution in [2.24, 2.45) is 0 Å². The molecule has 2 heterocycles. The van der Waals surface area contributed by atoms with Crippen LogP contribution in [0.2, 0.25) is 0 Å². The molecule has 2 aliphatic heterocycles. The van der Waals surface area contributed by atoms with Gasteiger partial charge in [0.25, 0.3) is 10.2 Å². The first-order chi connectivity index (χ1) is 16.3. The first-order valence-electron chi connectivity index (χ1n) is 11.8. The molecular weight excluding hydrogens is 462 g/mol. The number of rotatable bonds is 6. The Morgan fingerprint density at radius 1 is 1.03 bits per heavy atom. The van der Waals surface area contributed by atoms with Gasteiger partial charge in [-0.25, -0.2) is 4.79 Å². The Balaban J connectivity index is 1.21. The third-order valence-electron chi connectivity index (χ3n) is 6.53. The summed E-state index contributed by atoms with van der Waals surface area (Å²) in [4.78, 5) is 26.4. The lowest BCUT2D eigenvalue weighted by molar-refractivity contribution is -0.121. The second kappa shape index (κ2) is 10.9. The lowest BCUT2D eigenvalue weighted by atomic mass is 9.96. The SMILES string of the molecule is CN(C1CCCCC1)S(=O)(=O)N1CCN(CC(=O)NC(=O)Nc2ccc3c(c2)OCCO3)CC1. The van der Waals surface area contributed by atoms with Crippen molar-refractivity contribution >= 4 is 27.8 Å². The number of amides is 3. The summed E-state index contributed by atoms with van der Waals surface area (Å²) < 4.78 is 40.0. The van der Waals surface area contributed by atoms with Gasteiger partial charge in [-0.2, -0.15) is 17.0 Å². The molecule has 1 aromatic carbocycles. The molecule has 0 atom stereocenters. The molecule has 0 unspecified atom stereocenters. The summed E-state index contributed by atoms with van der Waals surface area (Å²) in [7, 11) is -1.85. The van der Waals surface area contributed by atoms with Crippen LogP contribution in [0.25, 0.3) is 0 Å². The Hall–Kier alpha value is -2.41. The fourth-order valence-corrected chi connectivity index (χ4v) is 6.16. The average Bonchev–Trinajstić information content (AvgIpc) is 2.84. The molecule has 1 saturated heterocycles. The van der Waals surface area contributed by atoms with E-state index in [4.69, 9.17) is 9.47 Å². The van der Waals surface area contributed by atoms with Crippen molar-refractivity contribution in [3.8, 4) is 11.5 Å². The van der Waals surface area contributed by atoms with Crippen LogP contribution in [0.1, 0.15) is 32.1 Å². The summed E-state index contributed by atoms with van der Waals surface area (Å²) in [5, 5.41) is 4.93. The van der Waals surface area contributed by atoms with Crippen LogP contribution in [-0.2, 0) is 15.0 Å². The molecule has 3 aliphatic rings. The molecule has 0 radical (unpaired) electrons. The monoisotopic (exact) mass is 495 g/mol. The minimum absolute atomic E-state index is 0.0148. The van der Waals surface area contributed by atoms with Crippen LogP contribution in [0.3, 0.4) is 0 Å². The van der Waals surface area contributed by atoms with Gasteiger partial charge in [0.2, 0.25) is 5.91 Å². The molecule has 2 fully saturated rings. The molecule has 4 rings (SSSR count). The van der Waals surface area contributed by atoms with E-state index in [-0.39, 0.29) is 12.6 Å². The van der Waals surface area contributed by atoms with Crippen molar-refractivity contribution in [3.63, 3.8) is 0 Å². The van der Waals surface area contributed by atoms with Crippen LogP contribution in [0, 0.1) is 0 Å². The number of fused-ring (bicyclic) bond motifs is 1. The van der Waals surface area contributed by atoms with Crippen LogP contribution >= 0.6 is 0 Å². The number of piperazine rings is 1. The highest BCUT2D eigenvalue weighted by molar-refractivity contribution is 7.86. The Kier molecular flexibility index (Phi) is 7.91. The Labute approximate surface area is 200 Å². The van der Waals surface area contributed by atoms with E-state index in [1.807, 2.05) is 4.90 Å². The zero-order valence-electron chi connectivity index (χ0n) is 19.5. The van der Waals surface area contributed by atoms with Gasteiger partial charge in [-0.3, -0.25) is 15.0 Å². The molecule has 1 saturated carbocycles. The lowest BCUT2D eigenvalue weighted by Crippen LogP contribution is -2.55. The third kappa shape index (κ3) is 5.98. The minimum Gasteiger partial charge on any atom is -0.486 e. The Morgan fingerprint density at radius 3 is 2.41 bits per heavy atom. The molecule has 0 bridgehead atoms. The van der Waals surface area contributed by atoms with Gasteiger partial charge < -0.3 is 14.8 Å². The Morgan fingerprint density at radius 2 is 1.71 bits per heavy atom.